The number of pyridine rings is 2. The lowest BCUT2D eigenvalue weighted by molar-refractivity contribution is -0.139. The van der Waals surface area contributed by atoms with Gasteiger partial charge in [0, 0.05) is 37.8 Å². The molecule has 9 nitrogen and oxygen atoms in total. The minimum absolute atomic E-state index is 0.138. The summed E-state index contributed by atoms with van der Waals surface area (Å²) in [6.07, 6.45) is 5.23. The van der Waals surface area contributed by atoms with E-state index in [-0.39, 0.29) is 12.1 Å². The summed E-state index contributed by atoms with van der Waals surface area (Å²) >= 11 is 0. The molecular formula is C36H30N6O3. The summed E-state index contributed by atoms with van der Waals surface area (Å²) in [5.41, 5.74) is 4.56. The molecule has 0 spiro atoms. The van der Waals surface area contributed by atoms with Gasteiger partial charge >= 0.3 is 11.7 Å². The molecule has 0 aliphatic carbocycles. The van der Waals surface area contributed by atoms with E-state index >= 15 is 0 Å². The molecule has 0 aliphatic rings. The molecule has 0 aliphatic heterocycles. The number of hydrogen-bond donors (Lipinski definition) is 2. The number of nitrogens with zero attached hydrogens (tertiary/aromatic N) is 5. The van der Waals surface area contributed by atoms with E-state index < -0.39 is 17.6 Å². The number of hydrogen-bond acceptors (Lipinski definition) is 5. The van der Waals surface area contributed by atoms with E-state index in [9.17, 15) is 14.7 Å². The van der Waals surface area contributed by atoms with Crippen LogP contribution in [0.15, 0.2) is 139 Å². The van der Waals surface area contributed by atoms with Crippen LogP contribution >= 0.6 is 0 Å². The van der Waals surface area contributed by atoms with Crippen LogP contribution in [0.4, 0.5) is 0 Å². The van der Waals surface area contributed by atoms with Gasteiger partial charge in [-0.3, -0.25) is 14.7 Å². The molecule has 2 N–H and O–H groups in total. The third-order valence-electron chi connectivity index (χ3n) is 8.39. The van der Waals surface area contributed by atoms with Crippen molar-refractivity contribution in [3.63, 3.8) is 0 Å². The van der Waals surface area contributed by atoms with Crippen molar-refractivity contribution < 1.29 is 9.90 Å². The molecule has 7 rings (SSSR count). The number of aromatic nitrogens is 5. The third kappa shape index (κ3) is 4.70. The van der Waals surface area contributed by atoms with Crippen molar-refractivity contribution in [3.05, 3.63) is 167 Å². The largest absolute Gasteiger partial charge is 0.480 e. The number of aliphatic carboxylic acids is 1. The van der Waals surface area contributed by atoms with Gasteiger partial charge in [-0.05, 0) is 41.0 Å². The van der Waals surface area contributed by atoms with Gasteiger partial charge in [0.25, 0.3) is 0 Å². The highest BCUT2D eigenvalue weighted by Crippen LogP contribution is 2.37. The van der Waals surface area contributed by atoms with Crippen molar-refractivity contribution in [1.82, 2.24) is 28.8 Å². The van der Waals surface area contributed by atoms with E-state index in [1.54, 1.807) is 40.8 Å². The van der Waals surface area contributed by atoms with Crippen LogP contribution in [-0.4, -0.2) is 40.6 Å². The lowest BCUT2D eigenvalue weighted by Gasteiger charge is -2.39. The molecule has 0 fully saturated rings. The minimum atomic E-state index is -1.01. The second-order valence-corrected chi connectivity index (χ2v) is 10.9. The van der Waals surface area contributed by atoms with Gasteiger partial charge in [0.1, 0.15) is 6.04 Å². The SMILES string of the molecule is Cn1c(=O)n(-c2ccc(CC(NC(c3ccccc3)(c3ccccc3)c3ccccc3)C(=O)O)n3ccnc23)c2ncccc21. The van der Waals surface area contributed by atoms with Crippen LogP contribution < -0.4 is 11.0 Å². The Morgan fingerprint density at radius 2 is 1.36 bits per heavy atom. The zero-order chi connectivity index (χ0) is 31.0. The fraction of sp³-hybridized carbons (Fsp3) is 0.111. The van der Waals surface area contributed by atoms with E-state index in [4.69, 9.17) is 0 Å². The van der Waals surface area contributed by atoms with E-state index in [1.165, 1.54) is 0 Å². The Bertz CT molecular complexity index is 2090. The minimum Gasteiger partial charge on any atom is -0.480 e. The van der Waals surface area contributed by atoms with Gasteiger partial charge in [0.15, 0.2) is 11.3 Å². The lowest BCUT2D eigenvalue weighted by atomic mass is 9.76. The van der Waals surface area contributed by atoms with Gasteiger partial charge in [-0.15, -0.1) is 0 Å². The number of carboxylic acids is 1. The first-order valence-electron chi connectivity index (χ1n) is 14.6. The normalized spacial score (nSPS) is 12.5. The van der Waals surface area contributed by atoms with E-state index in [0.29, 0.717) is 22.5 Å². The van der Waals surface area contributed by atoms with Crippen LogP contribution in [0.3, 0.4) is 0 Å². The molecule has 0 bridgehead atoms. The Balaban J connectivity index is 1.36. The molecule has 3 aromatic carbocycles. The number of carboxylic acid groups (broad SMARTS) is 1. The number of rotatable bonds is 9. The van der Waals surface area contributed by atoms with Crippen molar-refractivity contribution in [2.75, 3.05) is 0 Å². The highest BCUT2D eigenvalue weighted by atomic mass is 16.4. The van der Waals surface area contributed by atoms with Crippen molar-refractivity contribution in [3.8, 4) is 5.69 Å². The Kier molecular flexibility index (Phi) is 7.07. The number of fused-ring (bicyclic) bond motifs is 2. The smallest absolute Gasteiger partial charge is 0.334 e. The number of imidazole rings is 2. The van der Waals surface area contributed by atoms with Crippen molar-refractivity contribution in [2.24, 2.45) is 7.05 Å². The highest BCUT2D eigenvalue weighted by molar-refractivity contribution is 5.77. The molecule has 1 unspecified atom stereocenters. The van der Waals surface area contributed by atoms with Crippen LogP contribution in [-0.2, 0) is 23.8 Å². The maximum Gasteiger partial charge on any atom is 0.334 e. The Labute approximate surface area is 258 Å². The van der Waals surface area contributed by atoms with Gasteiger partial charge < -0.3 is 9.51 Å². The van der Waals surface area contributed by atoms with Crippen LogP contribution in [0.1, 0.15) is 22.4 Å². The molecule has 0 amide bonds. The summed E-state index contributed by atoms with van der Waals surface area (Å²) in [5.74, 6) is -0.992. The van der Waals surface area contributed by atoms with Crippen LogP contribution in [0.2, 0.25) is 0 Å². The first kappa shape index (κ1) is 28.0. The predicted molar refractivity (Wildman–Crippen MR) is 173 cm³/mol. The topological polar surface area (TPSA) is 106 Å². The molecule has 45 heavy (non-hydrogen) atoms. The Morgan fingerprint density at radius 1 is 0.778 bits per heavy atom. The second kappa shape index (κ2) is 11.4. The summed E-state index contributed by atoms with van der Waals surface area (Å²) in [6, 6.07) is 36.0. The Morgan fingerprint density at radius 3 is 1.93 bits per heavy atom. The number of nitrogens with one attached hydrogen (secondary N) is 1. The van der Waals surface area contributed by atoms with Gasteiger partial charge in [-0.25, -0.2) is 19.3 Å². The molecule has 9 heteroatoms. The lowest BCUT2D eigenvalue weighted by Crippen LogP contribution is -2.53. The molecule has 0 saturated heterocycles. The monoisotopic (exact) mass is 594 g/mol. The molecule has 0 radical (unpaired) electrons. The maximum absolute atomic E-state index is 13.3. The third-order valence-corrected chi connectivity index (χ3v) is 8.39. The van der Waals surface area contributed by atoms with E-state index in [2.05, 4.69) is 15.3 Å². The summed E-state index contributed by atoms with van der Waals surface area (Å²) in [7, 11) is 1.71. The summed E-state index contributed by atoms with van der Waals surface area (Å²) < 4.78 is 4.94. The van der Waals surface area contributed by atoms with Gasteiger partial charge in [0.2, 0.25) is 0 Å². The highest BCUT2D eigenvalue weighted by Gasteiger charge is 2.40. The molecule has 0 saturated carbocycles. The first-order valence-corrected chi connectivity index (χ1v) is 14.6. The van der Waals surface area contributed by atoms with Crippen LogP contribution in [0.25, 0.3) is 22.5 Å². The first-order chi connectivity index (χ1) is 22.0. The Hall–Kier alpha value is -5.80. The number of carbonyl (C=O) groups is 1. The fourth-order valence-electron chi connectivity index (χ4n) is 6.26. The van der Waals surface area contributed by atoms with E-state index in [1.807, 2.05) is 114 Å². The quantitative estimate of drug-likeness (QED) is 0.229. The molecule has 1 atom stereocenters. The number of aryl methyl sites for hydroxylation is 1. The van der Waals surface area contributed by atoms with Gasteiger partial charge in [0.05, 0.1) is 16.7 Å². The van der Waals surface area contributed by atoms with Gasteiger partial charge in [-0.1, -0.05) is 91.0 Å². The van der Waals surface area contributed by atoms with Crippen molar-refractivity contribution >= 4 is 22.8 Å². The molecular weight excluding hydrogens is 564 g/mol. The van der Waals surface area contributed by atoms with Crippen molar-refractivity contribution in [2.45, 2.75) is 18.0 Å². The van der Waals surface area contributed by atoms with Gasteiger partial charge in [-0.2, -0.15) is 0 Å². The maximum atomic E-state index is 13.3. The van der Waals surface area contributed by atoms with Crippen LogP contribution in [0, 0.1) is 0 Å². The average molecular weight is 595 g/mol. The number of benzene rings is 3. The molecule has 222 valence electrons. The zero-order valence-corrected chi connectivity index (χ0v) is 24.5. The average Bonchev–Trinajstić information content (AvgIpc) is 3.68. The second-order valence-electron chi connectivity index (χ2n) is 10.9. The van der Waals surface area contributed by atoms with Crippen LogP contribution in [0.5, 0.6) is 0 Å². The van der Waals surface area contributed by atoms with E-state index in [0.717, 1.165) is 22.4 Å². The molecule has 4 aromatic heterocycles. The summed E-state index contributed by atoms with van der Waals surface area (Å²) in [6.45, 7) is 0. The molecule has 7 aromatic rings. The summed E-state index contributed by atoms with van der Waals surface area (Å²) in [4.78, 5) is 35.5. The fourth-order valence-corrected chi connectivity index (χ4v) is 6.26. The molecule has 4 heterocycles. The predicted octanol–water partition coefficient (Wildman–Crippen LogP) is 4.95. The standard InChI is InChI=1S/C36H30N6O3/c1-40-30-18-11-21-37-33(30)42(35(40)45)31-20-19-28(41-23-22-38-32(31)41)24-29(34(43)44)39-36(25-12-5-2-6-13-25,26-14-7-3-8-15-26)27-16-9-4-10-17-27/h2-23,29,39H,24H2,1H3,(H,43,44). The van der Waals surface area contributed by atoms with Crippen molar-refractivity contribution in [1.29, 1.82) is 0 Å². The summed E-state index contributed by atoms with van der Waals surface area (Å²) in [5, 5.41) is 14.3. The zero-order valence-electron chi connectivity index (χ0n) is 24.5.